The molecular formula is C12H19N3O4. The van der Waals surface area contributed by atoms with Gasteiger partial charge in [-0.1, -0.05) is 12.2 Å². The van der Waals surface area contributed by atoms with Crippen LogP contribution in [0.3, 0.4) is 0 Å². The molecule has 7 heteroatoms. The van der Waals surface area contributed by atoms with Crippen molar-refractivity contribution in [2.75, 3.05) is 6.54 Å². The number of amides is 3. The molecule has 0 saturated carbocycles. The number of rotatable bonds is 6. The van der Waals surface area contributed by atoms with Crippen molar-refractivity contribution in [3.63, 3.8) is 0 Å². The lowest BCUT2D eigenvalue weighted by Gasteiger charge is -2.19. The smallest absolute Gasteiger partial charge is 0.326 e. The maximum Gasteiger partial charge on any atom is 0.326 e. The van der Waals surface area contributed by atoms with Crippen molar-refractivity contribution in [3.05, 3.63) is 12.2 Å². The highest BCUT2D eigenvalue weighted by molar-refractivity contribution is 5.87. The molecule has 0 aromatic heterocycles. The Morgan fingerprint density at radius 3 is 2.63 bits per heavy atom. The first-order valence-corrected chi connectivity index (χ1v) is 6.19. The third kappa shape index (κ3) is 5.89. The van der Waals surface area contributed by atoms with E-state index in [2.05, 4.69) is 22.8 Å². The van der Waals surface area contributed by atoms with Crippen molar-refractivity contribution >= 4 is 17.9 Å². The number of primary amides is 1. The Kier molecular flexibility index (Phi) is 5.84. The lowest BCUT2D eigenvalue weighted by atomic mass is 9.94. The minimum atomic E-state index is -1.29. The normalized spacial score (nSPS) is 19.5. The first-order chi connectivity index (χ1) is 8.99. The average Bonchev–Trinajstić information content (AvgIpc) is 2.36. The van der Waals surface area contributed by atoms with Crippen LogP contribution < -0.4 is 16.4 Å². The molecule has 19 heavy (non-hydrogen) atoms. The molecule has 1 rings (SSSR count). The Labute approximate surface area is 111 Å². The number of carbonyl (C=O) groups is 3. The van der Waals surface area contributed by atoms with Crippen LogP contribution in [-0.2, 0) is 9.59 Å². The summed E-state index contributed by atoms with van der Waals surface area (Å²) in [5.74, 6) is -1.69. The maximum atomic E-state index is 11.5. The molecule has 5 N–H and O–H groups in total. The van der Waals surface area contributed by atoms with Crippen molar-refractivity contribution in [1.29, 1.82) is 0 Å². The summed E-state index contributed by atoms with van der Waals surface area (Å²) in [7, 11) is 0. The van der Waals surface area contributed by atoms with Gasteiger partial charge in [0.05, 0.1) is 6.42 Å². The third-order valence-corrected chi connectivity index (χ3v) is 2.94. The van der Waals surface area contributed by atoms with Gasteiger partial charge < -0.3 is 21.5 Å². The average molecular weight is 269 g/mol. The zero-order chi connectivity index (χ0) is 14.3. The lowest BCUT2D eigenvalue weighted by molar-refractivity contribution is -0.140. The fourth-order valence-corrected chi connectivity index (χ4v) is 1.89. The summed E-state index contributed by atoms with van der Waals surface area (Å²) in [6, 6.07) is -1.88. The van der Waals surface area contributed by atoms with E-state index in [4.69, 9.17) is 10.8 Å². The molecule has 2 atom stereocenters. The fourth-order valence-electron chi connectivity index (χ4n) is 1.89. The molecule has 0 aromatic rings. The van der Waals surface area contributed by atoms with Crippen molar-refractivity contribution < 1.29 is 19.5 Å². The van der Waals surface area contributed by atoms with Gasteiger partial charge in [-0.3, -0.25) is 4.79 Å². The van der Waals surface area contributed by atoms with Gasteiger partial charge in [-0.15, -0.1) is 0 Å². The number of carboxylic acid groups (broad SMARTS) is 1. The highest BCUT2D eigenvalue weighted by Crippen LogP contribution is 2.16. The number of aliphatic carboxylic acids is 1. The Morgan fingerprint density at radius 2 is 2.11 bits per heavy atom. The van der Waals surface area contributed by atoms with Gasteiger partial charge in [-0.2, -0.15) is 0 Å². The molecule has 2 unspecified atom stereocenters. The lowest BCUT2D eigenvalue weighted by Crippen LogP contribution is -2.48. The largest absolute Gasteiger partial charge is 0.480 e. The highest BCUT2D eigenvalue weighted by Gasteiger charge is 2.22. The highest BCUT2D eigenvalue weighted by atomic mass is 16.4. The number of hydrogen-bond donors (Lipinski definition) is 4. The van der Waals surface area contributed by atoms with Gasteiger partial charge in [0.2, 0.25) is 5.91 Å². The van der Waals surface area contributed by atoms with Crippen LogP contribution in [0.1, 0.15) is 25.7 Å². The Hall–Kier alpha value is -2.05. The molecule has 0 fully saturated rings. The van der Waals surface area contributed by atoms with E-state index in [0.29, 0.717) is 12.5 Å². The van der Waals surface area contributed by atoms with Crippen molar-refractivity contribution in [1.82, 2.24) is 10.6 Å². The van der Waals surface area contributed by atoms with Crippen LogP contribution in [0, 0.1) is 5.92 Å². The van der Waals surface area contributed by atoms with Crippen LogP contribution in [0.4, 0.5) is 4.79 Å². The maximum absolute atomic E-state index is 11.5. The molecule has 0 aliphatic heterocycles. The molecule has 0 spiro atoms. The number of hydrogen-bond acceptors (Lipinski definition) is 3. The van der Waals surface area contributed by atoms with Gasteiger partial charge in [-0.25, -0.2) is 9.59 Å². The van der Waals surface area contributed by atoms with Crippen LogP contribution in [0.15, 0.2) is 12.2 Å². The van der Waals surface area contributed by atoms with Crippen molar-refractivity contribution in [3.8, 4) is 0 Å². The second-order valence-electron chi connectivity index (χ2n) is 4.57. The number of nitrogens with two attached hydrogens (primary N) is 1. The SMILES string of the molecule is NC(=O)CC(NC(=O)NCC1CC=CCC1)C(=O)O. The molecule has 106 valence electrons. The topological polar surface area (TPSA) is 122 Å². The monoisotopic (exact) mass is 269 g/mol. The predicted octanol–water partition coefficient (Wildman–Crippen LogP) is -0.0295. The molecule has 7 nitrogen and oxygen atoms in total. The molecule has 3 amide bonds. The van der Waals surface area contributed by atoms with E-state index in [-0.39, 0.29) is 0 Å². The minimum Gasteiger partial charge on any atom is -0.480 e. The van der Waals surface area contributed by atoms with E-state index in [1.165, 1.54) is 0 Å². The number of carbonyl (C=O) groups excluding carboxylic acids is 2. The van der Waals surface area contributed by atoms with Gasteiger partial charge in [0, 0.05) is 6.54 Å². The number of nitrogens with one attached hydrogen (secondary N) is 2. The fraction of sp³-hybridized carbons (Fsp3) is 0.583. The summed E-state index contributed by atoms with van der Waals surface area (Å²) in [5.41, 5.74) is 4.92. The van der Waals surface area contributed by atoms with E-state index in [1.807, 2.05) is 0 Å². The summed E-state index contributed by atoms with van der Waals surface area (Å²) < 4.78 is 0. The molecule has 0 aromatic carbocycles. The van der Waals surface area contributed by atoms with Crippen molar-refractivity contribution in [2.24, 2.45) is 11.7 Å². The van der Waals surface area contributed by atoms with E-state index in [9.17, 15) is 14.4 Å². The summed E-state index contributed by atoms with van der Waals surface area (Å²) >= 11 is 0. The molecule has 0 heterocycles. The third-order valence-electron chi connectivity index (χ3n) is 2.94. The summed E-state index contributed by atoms with van der Waals surface area (Å²) in [6.07, 6.45) is 6.65. The van der Waals surface area contributed by atoms with Crippen LogP contribution in [0.2, 0.25) is 0 Å². The van der Waals surface area contributed by atoms with E-state index in [0.717, 1.165) is 19.3 Å². The molecular weight excluding hydrogens is 250 g/mol. The first kappa shape index (κ1) is 15.0. The summed E-state index contributed by atoms with van der Waals surface area (Å²) in [6.45, 7) is 0.485. The molecule has 0 saturated heterocycles. The standard InChI is InChI=1S/C12H19N3O4/c13-10(16)6-9(11(17)18)15-12(19)14-7-8-4-2-1-3-5-8/h1-2,8-9H,3-7H2,(H2,13,16)(H,17,18)(H2,14,15,19). The van der Waals surface area contributed by atoms with E-state index >= 15 is 0 Å². The first-order valence-electron chi connectivity index (χ1n) is 6.19. The Balaban J connectivity index is 2.33. The van der Waals surface area contributed by atoms with Gasteiger partial charge >= 0.3 is 12.0 Å². The van der Waals surface area contributed by atoms with Crippen LogP contribution >= 0.6 is 0 Å². The summed E-state index contributed by atoms with van der Waals surface area (Å²) in [4.78, 5) is 33.0. The predicted molar refractivity (Wildman–Crippen MR) is 68.3 cm³/mol. The zero-order valence-corrected chi connectivity index (χ0v) is 10.6. The molecule has 1 aliphatic carbocycles. The number of carboxylic acids is 1. The second kappa shape index (κ2) is 7.40. The Morgan fingerprint density at radius 1 is 1.37 bits per heavy atom. The van der Waals surface area contributed by atoms with Crippen LogP contribution in [0.5, 0.6) is 0 Å². The quantitative estimate of drug-likeness (QED) is 0.506. The van der Waals surface area contributed by atoms with Gasteiger partial charge in [-0.05, 0) is 25.2 Å². The van der Waals surface area contributed by atoms with Gasteiger partial charge in [0.25, 0.3) is 0 Å². The molecule has 1 aliphatic rings. The summed E-state index contributed by atoms with van der Waals surface area (Å²) in [5, 5.41) is 13.7. The minimum absolute atomic E-state index is 0.371. The second-order valence-corrected chi connectivity index (χ2v) is 4.57. The van der Waals surface area contributed by atoms with E-state index in [1.54, 1.807) is 0 Å². The Bertz CT molecular complexity index is 381. The number of urea groups is 1. The van der Waals surface area contributed by atoms with Crippen LogP contribution in [-0.4, -0.2) is 35.6 Å². The van der Waals surface area contributed by atoms with Crippen molar-refractivity contribution in [2.45, 2.75) is 31.7 Å². The van der Waals surface area contributed by atoms with Crippen LogP contribution in [0.25, 0.3) is 0 Å². The molecule has 0 bridgehead atoms. The number of allylic oxidation sites excluding steroid dienone is 2. The van der Waals surface area contributed by atoms with Gasteiger partial charge in [0.1, 0.15) is 6.04 Å². The van der Waals surface area contributed by atoms with Gasteiger partial charge in [0.15, 0.2) is 0 Å². The molecule has 0 radical (unpaired) electrons. The van der Waals surface area contributed by atoms with E-state index < -0.39 is 30.4 Å². The zero-order valence-electron chi connectivity index (χ0n) is 10.6.